The first-order valence-corrected chi connectivity index (χ1v) is 5.61. The van der Waals surface area contributed by atoms with Gasteiger partial charge in [-0.15, -0.1) is 0 Å². The lowest BCUT2D eigenvalue weighted by Gasteiger charge is -2.09. The van der Waals surface area contributed by atoms with Crippen LogP contribution in [0.2, 0.25) is 0 Å². The topological polar surface area (TPSA) is 88.3 Å². The van der Waals surface area contributed by atoms with Crippen LogP contribution in [0.25, 0.3) is 10.9 Å². The Bertz CT molecular complexity index is 571. The predicted octanol–water partition coefficient (Wildman–Crippen LogP) is 1.94. The molecule has 18 heavy (non-hydrogen) atoms. The quantitative estimate of drug-likeness (QED) is 0.479. The Balaban J connectivity index is 2.48. The van der Waals surface area contributed by atoms with E-state index in [1.165, 1.54) is 6.20 Å². The maximum atomic E-state index is 11.0. The SMILES string of the molecule is O=[N+]([O-])c1cnc2ccccc2c1NCCCO. The molecule has 0 amide bonds. The molecule has 0 aliphatic carbocycles. The molecule has 6 nitrogen and oxygen atoms in total. The normalized spacial score (nSPS) is 10.5. The van der Waals surface area contributed by atoms with E-state index in [9.17, 15) is 10.1 Å². The molecule has 0 fully saturated rings. The van der Waals surface area contributed by atoms with Crippen LogP contribution in [0.1, 0.15) is 6.42 Å². The summed E-state index contributed by atoms with van der Waals surface area (Å²) in [5.74, 6) is 0. The van der Waals surface area contributed by atoms with Crippen molar-refractivity contribution in [3.8, 4) is 0 Å². The molecule has 1 aromatic heterocycles. The highest BCUT2D eigenvalue weighted by Gasteiger charge is 2.17. The lowest BCUT2D eigenvalue weighted by Crippen LogP contribution is -2.06. The van der Waals surface area contributed by atoms with Crippen molar-refractivity contribution in [2.75, 3.05) is 18.5 Å². The van der Waals surface area contributed by atoms with Gasteiger partial charge < -0.3 is 10.4 Å². The molecule has 2 N–H and O–H groups in total. The summed E-state index contributed by atoms with van der Waals surface area (Å²) in [6, 6.07) is 7.23. The molecule has 0 spiro atoms. The van der Waals surface area contributed by atoms with Crippen molar-refractivity contribution in [3.63, 3.8) is 0 Å². The standard InChI is InChI=1S/C12H13N3O3/c16-7-3-6-13-12-9-4-1-2-5-10(9)14-8-11(12)15(17)18/h1-2,4-5,8,16H,3,6-7H2,(H,13,14). The number of rotatable bonds is 5. The lowest BCUT2D eigenvalue weighted by atomic mass is 10.1. The first-order valence-electron chi connectivity index (χ1n) is 5.61. The van der Waals surface area contributed by atoms with Gasteiger partial charge in [0.25, 0.3) is 0 Å². The summed E-state index contributed by atoms with van der Waals surface area (Å²) in [4.78, 5) is 14.6. The van der Waals surface area contributed by atoms with Crippen LogP contribution >= 0.6 is 0 Å². The van der Waals surface area contributed by atoms with E-state index in [-0.39, 0.29) is 12.3 Å². The highest BCUT2D eigenvalue weighted by atomic mass is 16.6. The van der Waals surface area contributed by atoms with E-state index in [4.69, 9.17) is 5.11 Å². The van der Waals surface area contributed by atoms with Crippen molar-refractivity contribution < 1.29 is 10.0 Å². The van der Waals surface area contributed by atoms with Crippen LogP contribution in [-0.2, 0) is 0 Å². The number of nitrogens with zero attached hydrogens (tertiary/aromatic N) is 2. The number of nitro groups is 1. The van der Waals surface area contributed by atoms with Crippen LogP contribution in [-0.4, -0.2) is 28.2 Å². The average Bonchev–Trinajstić information content (AvgIpc) is 2.38. The third-order valence-corrected chi connectivity index (χ3v) is 2.59. The van der Waals surface area contributed by atoms with Crippen molar-refractivity contribution in [1.82, 2.24) is 4.98 Å². The van der Waals surface area contributed by atoms with Crippen molar-refractivity contribution >= 4 is 22.3 Å². The number of anilines is 1. The highest BCUT2D eigenvalue weighted by molar-refractivity contribution is 5.95. The van der Waals surface area contributed by atoms with Crippen LogP contribution in [0.4, 0.5) is 11.4 Å². The number of aliphatic hydroxyl groups excluding tert-OH is 1. The zero-order valence-corrected chi connectivity index (χ0v) is 9.67. The summed E-state index contributed by atoms with van der Waals surface area (Å²) in [5.41, 5.74) is 1.11. The zero-order chi connectivity index (χ0) is 13.0. The van der Waals surface area contributed by atoms with Gasteiger partial charge in [0.1, 0.15) is 11.9 Å². The third kappa shape index (κ3) is 2.38. The van der Waals surface area contributed by atoms with Gasteiger partial charge in [0.2, 0.25) is 0 Å². The molecular weight excluding hydrogens is 234 g/mol. The molecule has 0 atom stereocenters. The van der Waals surface area contributed by atoms with Gasteiger partial charge in [0, 0.05) is 18.5 Å². The Morgan fingerprint density at radius 1 is 1.39 bits per heavy atom. The first-order chi connectivity index (χ1) is 8.74. The van der Waals surface area contributed by atoms with Gasteiger partial charge in [-0.1, -0.05) is 18.2 Å². The summed E-state index contributed by atoms with van der Waals surface area (Å²) in [5, 5.41) is 23.4. The van der Waals surface area contributed by atoms with Gasteiger partial charge in [-0.3, -0.25) is 10.1 Å². The van der Waals surface area contributed by atoms with E-state index < -0.39 is 4.92 Å². The second-order valence-corrected chi connectivity index (χ2v) is 3.80. The van der Waals surface area contributed by atoms with Gasteiger partial charge in [-0.05, 0) is 12.5 Å². The van der Waals surface area contributed by atoms with Crippen molar-refractivity contribution in [2.45, 2.75) is 6.42 Å². The highest BCUT2D eigenvalue weighted by Crippen LogP contribution is 2.31. The fourth-order valence-corrected chi connectivity index (χ4v) is 1.75. The average molecular weight is 247 g/mol. The van der Waals surface area contributed by atoms with Crippen molar-refractivity contribution in [2.24, 2.45) is 0 Å². The molecule has 0 radical (unpaired) electrons. The fourth-order valence-electron chi connectivity index (χ4n) is 1.75. The number of aliphatic hydroxyl groups is 1. The third-order valence-electron chi connectivity index (χ3n) is 2.59. The smallest absolute Gasteiger partial charge is 0.311 e. The second kappa shape index (κ2) is 5.42. The predicted molar refractivity (Wildman–Crippen MR) is 68.6 cm³/mol. The number of hydrogen-bond donors (Lipinski definition) is 2. The maximum Gasteiger partial charge on any atom is 0.311 e. The van der Waals surface area contributed by atoms with Gasteiger partial charge >= 0.3 is 5.69 Å². The van der Waals surface area contributed by atoms with Gasteiger partial charge in [0.05, 0.1) is 10.4 Å². The van der Waals surface area contributed by atoms with Crippen molar-refractivity contribution in [1.29, 1.82) is 0 Å². The number of fused-ring (bicyclic) bond motifs is 1. The molecule has 0 bridgehead atoms. The summed E-state index contributed by atoms with van der Waals surface area (Å²) in [6.07, 6.45) is 1.79. The lowest BCUT2D eigenvalue weighted by molar-refractivity contribution is -0.384. The maximum absolute atomic E-state index is 11.0. The summed E-state index contributed by atoms with van der Waals surface area (Å²) in [7, 11) is 0. The minimum Gasteiger partial charge on any atom is -0.396 e. The monoisotopic (exact) mass is 247 g/mol. The van der Waals surface area contributed by atoms with Gasteiger partial charge in [-0.25, -0.2) is 4.98 Å². The van der Waals surface area contributed by atoms with E-state index in [0.717, 1.165) is 0 Å². The summed E-state index contributed by atoms with van der Waals surface area (Å²) in [6.45, 7) is 0.523. The van der Waals surface area contributed by atoms with Crippen LogP contribution < -0.4 is 5.32 Å². The Kier molecular flexibility index (Phi) is 3.69. The molecule has 0 saturated heterocycles. The molecule has 0 saturated carbocycles. The Hall–Kier alpha value is -2.21. The van der Waals surface area contributed by atoms with E-state index in [1.807, 2.05) is 12.1 Å². The van der Waals surface area contributed by atoms with Gasteiger partial charge in [-0.2, -0.15) is 0 Å². The van der Waals surface area contributed by atoms with E-state index >= 15 is 0 Å². The van der Waals surface area contributed by atoms with Crippen LogP contribution in [0.3, 0.4) is 0 Å². The molecule has 6 heteroatoms. The molecule has 0 aliphatic heterocycles. The second-order valence-electron chi connectivity index (χ2n) is 3.80. The first kappa shape index (κ1) is 12.3. The molecule has 1 heterocycles. The van der Waals surface area contributed by atoms with Gasteiger partial charge in [0.15, 0.2) is 0 Å². The Morgan fingerprint density at radius 2 is 2.17 bits per heavy atom. The molecule has 0 unspecified atom stereocenters. The minimum atomic E-state index is -0.458. The molecule has 0 aliphatic rings. The summed E-state index contributed by atoms with van der Waals surface area (Å²) >= 11 is 0. The van der Waals surface area contributed by atoms with Crippen molar-refractivity contribution in [3.05, 3.63) is 40.6 Å². The molecule has 94 valence electrons. The molecule has 1 aromatic carbocycles. The zero-order valence-electron chi connectivity index (χ0n) is 9.67. The number of para-hydroxylation sites is 1. The number of nitrogens with one attached hydrogen (secondary N) is 1. The molecular formula is C12H13N3O3. The Labute approximate surface area is 103 Å². The number of pyridine rings is 1. The van der Waals surface area contributed by atoms with Crippen LogP contribution in [0, 0.1) is 10.1 Å². The molecule has 2 rings (SSSR count). The number of benzene rings is 1. The van der Waals surface area contributed by atoms with E-state index in [0.29, 0.717) is 29.6 Å². The van der Waals surface area contributed by atoms with Crippen LogP contribution in [0.15, 0.2) is 30.5 Å². The summed E-state index contributed by atoms with van der Waals surface area (Å²) < 4.78 is 0. The number of aromatic nitrogens is 1. The minimum absolute atomic E-state index is 0.0455. The van der Waals surface area contributed by atoms with E-state index in [2.05, 4.69) is 10.3 Å². The Morgan fingerprint density at radius 3 is 2.89 bits per heavy atom. The number of hydrogen-bond acceptors (Lipinski definition) is 5. The van der Waals surface area contributed by atoms with E-state index in [1.54, 1.807) is 12.1 Å². The molecule has 2 aromatic rings. The van der Waals surface area contributed by atoms with Crippen LogP contribution in [0.5, 0.6) is 0 Å². The largest absolute Gasteiger partial charge is 0.396 e. The fraction of sp³-hybridized carbons (Fsp3) is 0.250.